The smallest absolute Gasteiger partial charge is 0.250 e. The third kappa shape index (κ3) is 3.72. The van der Waals surface area contributed by atoms with Crippen LogP contribution < -0.4 is 10.3 Å². The SMILES string of the molecule is C/C(=N/O)c1ccc(C)cc1OCCn1ccccc1=O. The van der Waals surface area contributed by atoms with E-state index >= 15 is 0 Å². The zero-order chi connectivity index (χ0) is 15.2. The first-order chi connectivity index (χ1) is 10.1. The second-order valence-electron chi connectivity index (χ2n) is 4.77. The van der Waals surface area contributed by atoms with Crippen molar-refractivity contribution in [3.8, 4) is 5.75 Å². The average molecular weight is 286 g/mol. The van der Waals surface area contributed by atoms with Crippen molar-refractivity contribution >= 4 is 5.71 Å². The minimum absolute atomic E-state index is 0.0568. The van der Waals surface area contributed by atoms with Crippen molar-refractivity contribution in [1.82, 2.24) is 4.57 Å². The molecule has 0 spiro atoms. The molecule has 0 amide bonds. The molecule has 0 fully saturated rings. The molecule has 2 rings (SSSR count). The van der Waals surface area contributed by atoms with Gasteiger partial charge in [0, 0.05) is 17.8 Å². The van der Waals surface area contributed by atoms with Crippen LogP contribution in [-0.4, -0.2) is 22.1 Å². The highest BCUT2D eigenvalue weighted by Crippen LogP contribution is 2.21. The summed E-state index contributed by atoms with van der Waals surface area (Å²) in [5, 5.41) is 12.1. The number of pyridine rings is 1. The average Bonchev–Trinajstić information content (AvgIpc) is 2.48. The van der Waals surface area contributed by atoms with Crippen molar-refractivity contribution in [3.63, 3.8) is 0 Å². The van der Waals surface area contributed by atoms with Gasteiger partial charge in [-0.1, -0.05) is 17.3 Å². The maximum atomic E-state index is 11.6. The highest BCUT2D eigenvalue weighted by atomic mass is 16.5. The fraction of sp³-hybridized carbons (Fsp3) is 0.250. The lowest BCUT2D eigenvalue weighted by Gasteiger charge is -2.12. The van der Waals surface area contributed by atoms with E-state index in [0.717, 1.165) is 11.1 Å². The number of ether oxygens (including phenoxy) is 1. The molecule has 1 N–H and O–H groups in total. The number of aryl methyl sites for hydroxylation is 1. The van der Waals surface area contributed by atoms with E-state index in [2.05, 4.69) is 5.16 Å². The number of aromatic nitrogens is 1. The summed E-state index contributed by atoms with van der Waals surface area (Å²) in [4.78, 5) is 11.6. The Bertz CT molecular complexity index is 705. The molecular formula is C16H18N2O3. The van der Waals surface area contributed by atoms with E-state index < -0.39 is 0 Å². The zero-order valence-corrected chi connectivity index (χ0v) is 12.1. The van der Waals surface area contributed by atoms with Crippen molar-refractivity contribution in [2.75, 3.05) is 6.61 Å². The standard InChI is InChI=1S/C16H18N2O3/c1-12-6-7-14(13(2)17-20)15(11-12)21-10-9-18-8-4-3-5-16(18)19/h3-8,11,20H,9-10H2,1-2H3/b17-13-. The largest absolute Gasteiger partial charge is 0.491 e. The Morgan fingerprint density at radius 3 is 2.86 bits per heavy atom. The van der Waals surface area contributed by atoms with Crippen LogP contribution in [0.3, 0.4) is 0 Å². The fourth-order valence-electron chi connectivity index (χ4n) is 2.00. The van der Waals surface area contributed by atoms with Crippen molar-refractivity contribution in [2.24, 2.45) is 5.16 Å². The first kappa shape index (κ1) is 14.8. The topological polar surface area (TPSA) is 63.8 Å². The van der Waals surface area contributed by atoms with Crippen molar-refractivity contribution in [1.29, 1.82) is 0 Å². The molecule has 0 radical (unpaired) electrons. The van der Waals surface area contributed by atoms with Gasteiger partial charge in [-0.25, -0.2) is 0 Å². The van der Waals surface area contributed by atoms with E-state index in [9.17, 15) is 4.79 Å². The van der Waals surface area contributed by atoms with Crippen LogP contribution in [0.4, 0.5) is 0 Å². The Balaban J connectivity index is 2.11. The molecule has 1 aromatic carbocycles. The Kier molecular flexibility index (Phi) is 4.77. The predicted molar refractivity (Wildman–Crippen MR) is 81.4 cm³/mol. The van der Waals surface area contributed by atoms with Crippen molar-refractivity contribution < 1.29 is 9.94 Å². The van der Waals surface area contributed by atoms with Gasteiger partial charge in [0.25, 0.3) is 5.56 Å². The van der Waals surface area contributed by atoms with Crippen molar-refractivity contribution in [2.45, 2.75) is 20.4 Å². The molecule has 0 atom stereocenters. The van der Waals surface area contributed by atoms with Gasteiger partial charge in [-0.2, -0.15) is 0 Å². The molecule has 0 aliphatic heterocycles. The maximum absolute atomic E-state index is 11.6. The number of oxime groups is 1. The summed E-state index contributed by atoms with van der Waals surface area (Å²) in [6.07, 6.45) is 1.73. The lowest BCUT2D eigenvalue weighted by atomic mass is 10.1. The van der Waals surface area contributed by atoms with Gasteiger partial charge in [0.2, 0.25) is 0 Å². The minimum atomic E-state index is -0.0568. The normalized spacial score (nSPS) is 11.4. The summed E-state index contributed by atoms with van der Waals surface area (Å²) < 4.78 is 7.33. The molecule has 2 aromatic rings. The van der Waals surface area contributed by atoms with Gasteiger partial charge in [0.05, 0.1) is 12.3 Å². The van der Waals surface area contributed by atoms with Crippen LogP contribution in [0.1, 0.15) is 18.1 Å². The van der Waals surface area contributed by atoms with Gasteiger partial charge in [0.1, 0.15) is 12.4 Å². The third-order valence-corrected chi connectivity index (χ3v) is 3.17. The number of nitrogens with zero attached hydrogens (tertiary/aromatic N) is 2. The lowest BCUT2D eigenvalue weighted by Crippen LogP contribution is -2.21. The summed E-state index contributed by atoms with van der Waals surface area (Å²) in [5.41, 5.74) is 2.22. The molecule has 0 unspecified atom stereocenters. The van der Waals surface area contributed by atoms with Crippen LogP contribution in [0.25, 0.3) is 0 Å². The monoisotopic (exact) mass is 286 g/mol. The number of benzene rings is 1. The third-order valence-electron chi connectivity index (χ3n) is 3.17. The minimum Gasteiger partial charge on any atom is -0.491 e. The molecule has 1 aromatic heterocycles. The highest BCUT2D eigenvalue weighted by Gasteiger charge is 2.08. The Morgan fingerprint density at radius 1 is 1.33 bits per heavy atom. The molecule has 0 bridgehead atoms. The van der Waals surface area contributed by atoms with Gasteiger partial charge >= 0.3 is 0 Å². The number of hydrogen-bond donors (Lipinski definition) is 1. The molecule has 5 nitrogen and oxygen atoms in total. The van der Waals surface area contributed by atoms with Crippen molar-refractivity contribution in [3.05, 3.63) is 64.1 Å². The van der Waals surface area contributed by atoms with Crippen LogP contribution in [0.15, 0.2) is 52.5 Å². The van der Waals surface area contributed by atoms with E-state index in [1.807, 2.05) is 31.2 Å². The lowest BCUT2D eigenvalue weighted by molar-refractivity contribution is 0.294. The van der Waals surface area contributed by atoms with E-state index in [4.69, 9.17) is 9.94 Å². The van der Waals surface area contributed by atoms with Gasteiger partial charge in [-0.05, 0) is 37.6 Å². The first-order valence-electron chi connectivity index (χ1n) is 6.70. The second-order valence-corrected chi connectivity index (χ2v) is 4.77. The molecule has 5 heteroatoms. The molecule has 1 heterocycles. The zero-order valence-electron chi connectivity index (χ0n) is 12.1. The second kappa shape index (κ2) is 6.74. The molecule has 21 heavy (non-hydrogen) atoms. The summed E-state index contributed by atoms with van der Waals surface area (Å²) in [6, 6.07) is 10.7. The molecule has 0 aliphatic rings. The maximum Gasteiger partial charge on any atom is 0.250 e. The van der Waals surface area contributed by atoms with Gasteiger partial charge in [-0.15, -0.1) is 0 Å². The number of hydrogen-bond acceptors (Lipinski definition) is 4. The van der Waals surface area contributed by atoms with Gasteiger partial charge in [-0.3, -0.25) is 4.79 Å². The van der Waals surface area contributed by atoms with Crippen LogP contribution in [0.5, 0.6) is 5.75 Å². The summed E-state index contributed by atoms with van der Waals surface area (Å²) >= 11 is 0. The summed E-state index contributed by atoms with van der Waals surface area (Å²) in [7, 11) is 0. The Hall–Kier alpha value is -2.56. The van der Waals surface area contributed by atoms with Gasteiger partial charge in [0.15, 0.2) is 0 Å². The van der Waals surface area contributed by atoms with E-state index in [0.29, 0.717) is 24.6 Å². The Labute approximate surface area is 123 Å². The molecular weight excluding hydrogens is 268 g/mol. The van der Waals surface area contributed by atoms with E-state index in [-0.39, 0.29) is 5.56 Å². The first-order valence-corrected chi connectivity index (χ1v) is 6.70. The molecule has 0 saturated heterocycles. The van der Waals surface area contributed by atoms with Crippen LogP contribution in [-0.2, 0) is 6.54 Å². The highest BCUT2D eigenvalue weighted by molar-refractivity contribution is 6.00. The van der Waals surface area contributed by atoms with E-state index in [1.165, 1.54) is 6.07 Å². The summed E-state index contributed by atoms with van der Waals surface area (Å²) in [5.74, 6) is 0.647. The Morgan fingerprint density at radius 2 is 2.14 bits per heavy atom. The molecule has 0 aliphatic carbocycles. The predicted octanol–water partition coefficient (Wildman–Crippen LogP) is 2.43. The van der Waals surface area contributed by atoms with Gasteiger partial charge < -0.3 is 14.5 Å². The quantitative estimate of drug-likeness (QED) is 0.521. The van der Waals surface area contributed by atoms with Crippen LogP contribution in [0, 0.1) is 6.92 Å². The number of rotatable bonds is 5. The molecule has 0 saturated carbocycles. The summed E-state index contributed by atoms with van der Waals surface area (Å²) in [6.45, 7) is 4.49. The fourth-order valence-corrected chi connectivity index (χ4v) is 2.00. The van der Waals surface area contributed by atoms with E-state index in [1.54, 1.807) is 23.8 Å². The molecule has 110 valence electrons. The van der Waals surface area contributed by atoms with Crippen LogP contribution >= 0.6 is 0 Å². The van der Waals surface area contributed by atoms with Crippen LogP contribution in [0.2, 0.25) is 0 Å².